The van der Waals surface area contributed by atoms with Crippen LogP contribution < -0.4 is 0 Å². The average Bonchev–Trinajstić information content (AvgIpc) is 3.10. The van der Waals surface area contributed by atoms with Crippen molar-refractivity contribution < 1.29 is 4.79 Å². The maximum absolute atomic E-state index is 12.8. The third-order valence-electron chi connectivity index (χ3n) is 4.43. The second-order valence-electron chi connectivity index (χ2n) is 6.44. The largest absolute Gasteiger partial charge is 0.348 e. The van der Waals surface area contributed by atoms with Crippen molar-refractivity contribution in [3.8, 4) is 5.69 Å². The summed E-state index contributed by atoms with van der Waals surface area (Å²) in [5.74, 6) is 0.0525. The van der Waals surface area contributed by atoms with Crippen molar-refractivity contribution in [3.63, 3.8) is 0 Å². The van der Waals surface area contributed by atoms with Gasteiger partial charge in [0.05, 0.1) is 5.69 Å². The molecule has 0 unspecified atom stereocenters. The lowest BCUT2D eigenvalue weighted by atomic mass is 10.1. The molecule has 134 valence electrons. The van der Waals surface area contributed by atoms with Gasteiger partial charge in [-0.25, -0.2) is 4.98 Å². The summed E-state index contributed by atoms with van der Waals surface area (Å²) < 4.78 is 2.06. The second kappa shape index (κ2) is 7.79. The molecule has 0 aliphatic heterocycles. The summed E-state index contributed by atoms with van der Waals surface area (Å²) in [6.07, 6.45) is 3.73. The minimum Gasteiger partial charge on any atom is -0.348 e. The lowest BCUT2D eigenvalue weighted by molar-refractivity contribution is -0.128. The molecule has 2 aromatic carbocycles. The van der Waals surface area contributed by atoms with Crippen molar-refractivity contribution in [2.45, 2.75) is 24.3 Å². The Kier molecular flexibility index (Phi) is 5.47. The summed E-state index contributed by atoms with van der Waals surface area (Å²) in [5, 5.41) is 0.472. The molecule has 0 saturated carbocycles. The quantitative estimate of drug-likeness (QED) is 0.629. The molecule has 5 heteroatoms. The standard InChI is InChI=1S/C21H23N3OS/c1-15-9-8-12-18(16(15)2)24-14-13-22-21(24)26-19(20(25)23(3)4)17-10-6-5-7-11-17/h5-14,19H,1-4H3/t19-/m1/s1. The van der Waals surface area contributed by atoms with Crippen LogP contribution in [-0.4, -0.2) is 34.5 Å². The summed E-state index contributed by atoms with van der Waals surface area (Å²) in [4.78, 5) is 19.0. The number of likely N-dealkylation sites (N-methyl/N-ethyl adjacent to an activating group) is 1. The number of hydrogen-bond acceptors (Lipinski definition) is 3. The molecule has 0 radical (unpaired) electrons. The van der Waals surface area contributed by atoms with E-state index in [9.17, 15) is 4.79 Å². The van der Waals surface area contributed by atoms with Gasteiger partial charge in [-0.05, 0) is 36.6 Å². The summed E-state index contributed by atoms with van der Waals surface area (Å²) in [6.45, 7) is 4.21. The molecule has 0 saturated heterocycles. The van der Waals surface area contributed by atoms with E-state index in [2.05, 4.69) is 35.5 Å². The molecule has 0 N–H and O–H groups in total. The Bertz CT molecular complexity index is 903. The van der Waals surface area contributed by atoms with Crippen LogP contribution in [0, 0.1) is 13.8 Å². The molecule has 1 atom stereocenters. The van der Waals surface area contributed by atoms with Crippen molar-refractivity contribution >= 4 is 17.7 Å². The zero-order chi connectivity index (χ0) is 18.7. The molecule has 0 fully saturated rings. The number of imidazole rings is 1. The predicted molar refractivity (Wildman–Crippen MR) is 107 cm³/mol. The van der Waals surface area contributed by atoms with E-state index in [1.165, 1.54) is 22.9 Å². The number of benzene rings is 2. The van der Waals surface area contributed by atoms with Crippen LogP contribution in [0.15, 0.2) is 66.1 Å². The van der Waals surface area contributed by atoms with E-state index in [0.717, 1.165) is 16.4 Å². The van der Waals surface area contributed by atoms with Gasteiger partial charge in [0.25, 0.3) is 0 Å². The highest BCUT2D eigenvalue weighted by atomic mass is 32.2. The first kappa shape index (κ1) is 18.3. The van der Waals surface area contributed by atoms with E-state index in [0.29, 0.717) is 0 Å². The first-order valence-electron chi connectivity index (χ1n) is 8.51. The van der Waals surface area contributed by atoms with Crippen molar-refractivity contribution in [2.24, 2.45) is 0 Å². The first-order chi connectivity index (χ1) is 12.5. The molecule has 0 bridgehead atoms. The average molecular weight is 366 g/mol. The molecule has 3 aromatic rings. The van der Waals surface area contributed by atoms with Crippen molar-refractivity contribution in [2.75, 3.05) is 14.1 Å². The van der Waals surface area contributed by atoms with Crippen LogP contribution in [0.5, 0.6) is 0 Å². The number of amides is 1. The third kappa shape index (κ3) is 3.68. The fourth-order valence-electron chi connectivity index (χ4n) is 2.79. The number of hydrogen-bond donors (Lipinski definition) is 0. The van der Waals surface area contributed by atoms with E-state index in [4.69, 9.17) is 0 Å². The number of carbonyl (C=O) groups excluding carboxylic acids is 1. The smallest absolute Gasteiger partial charge is 0.240 e. The summed E-state index contributed by atoms with van der Waals surface area (Å²) in [5.41, 5.74) is 4.51. The molecule has 0 spiro atoms. The van der Waals surface area contributed by atoms with E-state index in [1.54, 1.807) is 25.2 Å². The van der Waals surface area contributed by atoms with E-state index < -0.39 is 0 Å². The molecule has 3 rings (SSSR count). The van der Waals surface area contributed by atoms with Crippen molar-refractivity contribution in [1.82, 2.24) is 14.5 Å². The van der Waals surface area contributed by atoms with E-state index in [1.807, 2.05) is 42.6 Å². The number of aryl methyl sites for hydroxylation is 1. The van der Waals surface area contributed by atoms with Crippen molar-refractivity contribution in [1.29, 1.82) is 0 Å². The lowest BCUT2D eigenvalue weighted by Gasteiger charge is -2.21. The van der Waals surface area contributed by atoms with E-state index in [-0.39, 0.29) is 11.2 Å². The Hall–Kier alpha value is -2.53. The summed E-state index contributed by atoms with van der Waals surface area (Å²) in [6, 6.07) is 16.1. The molecule has 26 heavy (non-hydrogen) atoms. The Balaban J connectivity index is 2.00. The van der Waals surface area contributed by atoms with Crippen LogP contribution in [0.4, 0.5) is 0 Å². The van der Waals surface area contributed by atoms with Gasteiger partial charge in [-0.1, -0.05) is 54.2 Å². The summed E-state index contributed by atoms with van der Waals surface area (Å²) in [7, 11) is 3.58. The monoisotopic (exact) mass is 365 g/mol. The fourth-order valence-corrected chi connectivity index (χ4v) is 4.00. The zero-order valence-electron chi connectivity index (χ0n) is 15.5. The topological polar surface area (TPSA) is 38.1 Å². The highest BCUT2D eigenvalue weighted by Gasteiger charge is 2.25. The first-order valence-corrected chi connectivity index (χ1v) is 9.39. The number of rotatable bonds is 5. The van der Waals surface area contributed by atoms with Crippen LogP contribution >= 0.6 is 11.8 Å². The van der Waals surface area contributed by atoms with Gasteiger partial charge in [0.1, 0.15) is 5.25 Å². The Labute approximate surface area is 158 Å². The van der Waals surface area contributed by atoms with Gasteiger partial charge < -0.3 is 4.90 Å². The van der Waals surface area contributed by atoms with Gasteiger partial charge in [0, 0.05) is 26.5 Å². The Morgan fingerprint density at radius 2 is 1.81 bits per heavy atom. The maximum Gasteiger partial charge on any atom is 0.240 e. The minimum absolute atomic E-state index is 0.0525. The van der Waals surface area contributed by atoms with Gasteiger partial charge >= 0.3 is 0 Å². The zero-order valence-corrected chi connectivity index (χ0v) is 16.3. The Morgan fingerprint density at radius 1 is 1.08 bits per heavy atom. The highest BCUT2D eigenvalue weighted by molar-refractivity contribution is 8.00. The number of nitrogens with zero attached hydrogens (tertiary/aromatic N) is 3. The summed E-state index contributed by atoms with van der Waals surface area (Å²) >= 11 is 1.48. The molecule has 1 aromatic heterocycles. The van der Waals surface area contributed by atoms with Crippen LogP contribution in [0.2, 0.25) is 0 Å². The molecular formula is C21H23N3OS. The SMILES string of the molecule is Cc1cccc(-n2ccnc2S[C@@H](C(=O)N(C)C)c2ccccc2)c1C. The lowest BCUT2D eigenvalue weighted by Crippen LogP contribution is -2.27. The van der Waals surface area contributed by atoms with Gasteiger partial charge in [0.15, 0.2) is 5.16 Å². The molecule has 1 heterocycles. The normalized spacial score (nSPS) is 12.0. The van der Waals surface area contributed by atoms with Gasteiger partial charge in [0.2, 0.25) is 5.91 Å². The predicted octanol–water partition coefficient (Wildman–Crippen LogP) is 4.41. The second-order valence-corrected chi connectivity index (χ2v) is 7.51. The van der Waals surface area contributed by atoms with Gasteiger partial charge in [-0.2, -0.15) is 0 Å². The van der Waals surface area contributed by atoms with Crippen molar-refractivity contribution in [3.05, 3.63) is 77.6 Å². The fraction of sp³-hybridized carbons (Fsp3) is 0.238. The maximum atomic E-state index is 12.8. The number of aromatic nitrogens is 2. The van der Waals surface area contributed by atoms with Gasteiger partial charge in [-0.15, -0.1) is 0 Å². The number of carbonyl (C=O) groups is 1. The Morgan fingerprint density at radius 3 is 2.50 bits per heavy atom. The third-order valence-corrected chi connectivity index (χ3v) is 5.66. The minimum atomic E-state index is -0.336. The van der Waals surface area contributed by atoms with Crippen LogP contribution in [-0.2, 0) is 4.79 Å². The molecule has 1 amide bonds. The molecule has 4 nitrogen and oxygen atoms in total. The molecule has 0 aliphatic rings. The van der Waals surface area contributed by atoms with E-state index >= 15 is 0 Å². The van der Waals surface area contributed by atoms with Crippen LogP contribution in [0.1, 0.15) is 21.9 Å². The highest BCUT2D eigenvalue weighted by Crippen LogP contribution is 2.37. The molecular weight excluding hydrogens is 342 g/mol. The number of thioether (sulfide) groups is 1. The van der Waals surface area contributed by atoms with Crippen LogP contribution in [0.3, 0.4) is 0 Å². The van der Waals surface area contributed by atoms with Gasteiger partial charge in [-0.3, -0.25) is 9.36 Å². The molecule has 0 aliphatic carbocycles. The van der Waals surface area contributed by atoms with Crippen LogP contribution in [0.25, 0.3) is 5.69 Å².